The molecular formula is C16H32N2O. The summed E-state index contributed by atoms with van der Waals surface area (Å²) < 4.78 is 5.92. The van der Waals surface area contributed by atoms with Gasteiger partial charge in [0.2, 0.25) is 0 Å². The second-order valence-electron chi connectivity index (χ2n) is 6.24. The lowest BCUT2D eigenvalue weighted by Crippen LogP contribution is -2.50. The highest BCUT2D eigenvalue weighted by Gasteiger charge is 2.32. The van der Waals surface area contributed by atoms with Gasteiger partial charge in [-0.2, -0.15) is 0 Å². The Bertz CT molecular complexity index is 245. The maximum absolute atomic E-state index is 5.92. The van der Waals surface area contributed by atoms with E-state index in [-0.39, 0.29) is 0 Å². The zero-order valence-corrected chi connectivity index (χ0v) is 12.9. The van der Waals surface area contributed by atoms with Crippen molar-refractivity contribution in [3.8, 4) is 0 Å². The second-order valence-corrected chi connectivity index (χ2v) is 6.24. The van der Waals surface area contributed by atoms with Crippen LogP contribution in [-0.4, -0.2) is 49.8 Å². The summed E-state index contributed by atoms with van der Waals surface area (Å²) in [4.78, 5) is 2.83. The molecule has 19 heavy (non-hydrogen) atoms. The topological polar surface area (TPSA) is 24.5 Å². The average molecular weight is 268 g/mol. The smallest absolute Gasteiger partial charge is 0.0590 e. The van der Waals surface area contributed by atoms with Gasteiger partial charge in [-0.1, -0.05) is 19.8 Å². The summed E-state index contributed by atoms with van der Waals surface area (Å²) in [6, 6.07) is 1.60. The minimum Gasteiger partial charge on any atom is -0.378 e. The molecule has 2 saturated heterocycles. The normalized spacial score (nSPS) is 33.5. The molecule has 0 aromatic rings. The SMILES string of the molecule is CCCC1CC(N2CCCCC2CCNC)CCO1. The largest absolute Gasteiger partial charge is 0.378 e. The Kier molecular flexibility index (Phi) is 6.62. The van der Waals surface area contributed by atoms with E-state index in [4.69, 9.17) is 4.74 Å². The van der Waals surface area contributed by atoms with Crippen molar-refractivity contribution in [3.05, 3.63) is 0 Å². The monoisotopic (exact) mass is 268 g/mol. The number of piperidine rings is 1. The summed E-state index contributed by atoms with van der Waals surface area (Å²) in [5, 5.41) is 3.32. The van der Waals surface area contributed by atoms with Crippen molar-refractivity contribution in [2.45, 2.75) is 76.5 Å². The molecular weight excluding hydrogens is 236 g/mol. The van der Waals surface area contributed by atoms with Crippen LogP contribution in [0.4, 0.5) is 0 Å². The standard InChI is InChI=1S/C16H32N2O/c1-3-6-16-13-15(9-12-19-16)18-11-5-4-7-14(18)8-10-17-2/h14-17H,3-13H2,1-2H3. The molecule has 2 rings (SSSR count). The van der Waals surface area contributed by atoms with E-state index < -0.39 is 0 Å². The fourth-order valence-electron chi connectivity index (χ4n) is 3.81. The van der Waals surface area contributed by atoms with Crippen LogP contribution < -0.4 is 5.32 Å². The van der Waals surface area contributed by atoms with Crippen molar-refractivity contribution >= 4 is 0 Å². The molecule has 0 radical (unpaired) electrons. The van der Waals surface area contributed by atoms with Crippen LogP contribution in [-0.2, 0) is 4.74 Å². The van der Waals surface area contributed by atoms with Gasteiger partial charge in [-0.25, -0.2) is 0 Å². The molecule has 3 heteroatoms. The third-order valence-corrected chi connectivity index (χ3v) is 4.82. The fraction of sp³-hybridized carbons (Fsp3) is 1.00. The highest BCUT2D eigenvalue weighted by molar-refractivity contribution is 4.86. The highest BCUT2D eigenvalue weighted by atomic mass is 16.5. The first kappa shape index (κ1) is 15.3. The van der Waals surface area contributed by atoms with Crippen LogP contribution in [0.1, 0.15) is 58.3 Å². The van der Waals surface area contributed by atoms with E-state index in [2.05, 4.69) is 24.2 Å². The van der Waals surface area contributed by atoms with Gasteiger partial charge in [0.05, 0.1) is 6.10 Å². The first-order chi connectivity index (χ1) is 9.35. The predicted octanol–water partition coefficient (Wildman–Crippen LogP) is 2.80. The summed E-state index contributed by atoms with van der Waals surface area (Å²) in [5.74, 6) is 0. The van der Waals surface area contributed by atoms with Gasteiger partial charge in [0.1, 0.15) is 0 Å². The van der Waals surface area contributed by atoms with Crippen molar-refractivity contribution in [2.75, 3.05) is 26.7 Å². The molecule has 3 unspecified atom stereocenters. The van der Waals surface area contributed by atoms with Crippen LogP contribution >= 0.6 is 0 Å². The molecule has 0 aliphatic carbocycles. The molecule has 112 valence electrons. The number of nitrogens with one attached hydrogen (secondary N) is 1. The van der Waals surface area contributed by atoms with Gasteiger partial charge < -0.3 is 10.1 Å². The van der Waals surface area contributed by atoms with E-state index in [1.54, 1.807) is 0 Å². The number of hydrogen-bond donors (Lipinski definition) is 1. The van der Waals surface area contributed by atoms with E-state index in [0.717, 1.165) is 25.2 Å². The van der Waals surface area contributed by atoms with Crippen molar-refractivity contribution in [1.29, 1.82) is 0 Å². The molecule has 3 nitrogen and oxygen atoms in total. The predicted molar refractivity (Wildman–Crippen MR) is 80.6 cm³/mol. The third kappa shape index (κ3) is 4.44. The van der Waals surface area contributed by atoms with Crippen molar-refractivity contribution in [2.24, 2.45) is 0 Å². The van der Waals surface area contributed by atoms with Gasteiger partial charge >= 0.3 is 0 Å². The average Bonchev–Trinajstić information content (AvgIpc) is 2.46. The first-order valence-corrected chi connectivity index (χ1v) is 8.37. The Balaban J connectivity index is 1.88. The Morgan fingerprint density at radius 2 is 2.11 bits per heavy atom. The van der Waals surface area contributed by atoms with Gasteiger partial charge in [-0.15, -0.1) is 0 Å². The zero-order chi connectivity index (χ0) is 13.5. The van der Waals surface area contributed by atoms with Gasteiger partial charge in [-0.05, 0) is 58.7 Å². The van der Waals surface area contributed by atoms with Crippen LogP contribution in [0, 0.1) is 0 Å². The molecule has 2 heterocycles. The molecule has 0 amide bonds. The Labute approximate surface area is 119 Å². The van der Waals surface area contributed by atoms with Crippen LogP contribution in [0.15, 0.2) is 0 Å². The van der Waals surface area contributed by atoms with Gasteiger partial charge in [-0.3, -0.25) is 4.90 Å². The van der Waals surface area contributed by atoms with Crippen molar-refractivity contribution in [3.63, 3.8) is 0 Å². The molecule has 0 aromatic carbocycles. The quantitative estimate of drug-likeness (QED) is 0.801. The van der Waals surface area contributed by atoms with Gasteiger partial charge in [0, 0.05) is 18.7 Å². The summed E-state index contributed by atoms with van der Waals surface area (Å²) >= 11 is 0. The van der Waals surface area contributed by atoms with Gasteiger partial charge in [0.15, 0.2) is 0 Å². The second kappa shape index (κ2) is 8.23. The first-order valence-electron chi connectivity index (χ1n) is 8.37. The van der Waals surface area contributed by atoms with E-state index in [1.165, 1.54) is 57.9 Å². The summed E-state index contributed by atoms with van der Waals surface area (Å²) in [5.41, 5.74) is 0. The van der Waals surface area contributed by atoms with E-state index in [9.17, 15) is 0 Å². The van der Waals surface area contributed by atoms with E-state index in [1.807, 2.05) is 0 Å². The minimum atomic E-state index is 0.524. The lowest BCUT2D eigenvalue weighted by molar-refractivity contribution is -0.0471. The van der Waals surface area contributed by atoms with Crippen LogP contribution in [0.3, 0.4) is 0 Å². The molecule has 1 N–H and O–H groups in total. The fourth-order valence-corrected chi connectivity index (χ4v) is 3.81. The van der Waals surface area contributed by atoms with Crippen molar-refractivity contribution < 1.29 is 4.74 Å². The number of hydrogen-bond acceptors (Lipinski definition) is 3. The summed E-state index contributed by atoms with van der Waals surface area (Å²) in [6.07, 6.45) is 11.1. The van der Waals surface area contributed by atoms with Crippen LogP contribution in [0.5, 0.6) is 0 Å². The molecule has 2 fully saturated rings. The molecule has 0 aromatic heterocycles. The lowest BCUT2D eigenvalue weighted by Gasteiger charge is -2.44. The van der Waals surface area contributed by atoms with E-state index in [0.29, 0.717) is 6.10 Å². The van der Waals surface area contributed by atoms with E-state index >= 15 is 0 Å². The number of ether oxygens (including phenoxy) is 1. The maximum atomic E-state index is 5.92. The number of rotatable bonds is 6. The van der Waals surface area contributed by atoms with Crippen LogP contribution in [0.2, 0.25) is 0 Å². The molecule has 0 saturated carbocycles. The Morgan fingerprint density at radius 3 is 2.89 bits per heavy atom. The van der Waals surface area contributed by atoms with Crippen molar-refractivity contribution in [1.82, 2.24) is 10.2 Å². The summed E-state index contributed by atoms with van der Waals surface area (Å²) in [6.45, 7) is 5.72. The molecule has 3 atom stereocenters. The zero-order valence-electron chi connectivity index (χ0n) is 12.9. The number of likely N-dealkylation sites (tertiary alicyclic amines) is 1. The molecule has 0 bridgehead atoms. The highest BCUT2D eigenvalue weighted by Crippen LogP contribution is 2.29. The van der Waals surface area contributed by atoms with Crippen LogP contribution in [0.25, 0.3) is 0 Å². The molecule has 2 aliphatic heterocycles. The lowest BCUT2D eigenvalue weighted by atomic mass is 9.92. The molecule has 0 spiro atoms. The number of nitrogens with zero attached hydrogens (tertiary/aromatic N) is 1. The Morgan fingerprint density at radius 1 is 1.21 bits per heavy atom. The maximum Gasteiger partial charge on any atom is 0.0590 e. The minimum absolute atomic E-state index is 0.524. The molecule has 2 aliphatic rings. The third-order valence-electron chi connectivity index (χ3n) is 4.82. The van der Waals surface area contributed by atoms with Gasteiger partial charge in [0.25, 0.3) is 0 Å². The Hall–Kier alpha value is -0.120. The summed E-state index contributed by atoms with van der Waals surface area (Å²) in [7, 11) is 2.07.